The van der Waals surface area contributed by atoms with E-state index in [2.05, 4.69) is 36.6 Å². The van der Waals surface area contributed by atoms with E-state index in [1.807, 2.05) is 0 Å². The molecule has 1 amide bonds. The van der Waals surface area contributed by atoms with Gasteiger partial charge in [0.1, 0.15) is 10.2 Å². The van der Waals surface area contributed by atoms with Crippen molar-refractivity contribution in [2.45, 2.75) is 0 Å². The van der Waals surface area contributed by atoms with Crippen molar-refractivity contribution in [3.63, 3.8) is 0 Å². The van der Waals surface area contributed by atoms with E-state index in [-0.39, 0.29) is 17.1 Å². The Balaban J connectivity index is 2.33. The molecule has 2 rings (SSSR count). The minimum absolute atomic E-state index is 0.139. The van der Waals surface area contributed by atoms with E-state index < -0.39 is 10.8 Å². The molecule has 1 heterocycles. The van der Waals surface area contributed by atoms with Crippen LogP contribution in [-0.2, 0) is 0 Å². The number of aromatic nitrogens is 2. The van der Waals surface area contributed by atoms with E-state index in [1.165, 1.54) is 30.6 Å². The molecule has 0 unspecified atom stereocenters. The molecule has 0 radical (unpaired) electrons. The number of nitro benzene ring substituents is 1. The fourth-order valence-corrected chi connectivity index (χ4v) is 1.73. The molecule has 0 atom stereocenters. The standard InChI is InChI=1S/C11H9BrN6O3/c12-9-4-15-10(5-14-9)16-11(19)7-3-6(17-13)1-2-8(7)18(20)21/h1-5,17H,13H2,(H,15,16,19). The topological polar surface area (TPSA) is 136 Å². The van der Waals surface area contributed by atoms with Gasteiger partial charge in [-0.3, -0.25) is 20.8 Å². The van der Waals surface area contributed by atoms with Gasteiger partial charge in [0.2, 0.25) is 0 Å². The van der Waals surface area contributed by atoms with Crippen molar-refractivity contribution in [1.29, 1.82) is 0 Å². The highest BCUT2D eigenvalue weighted by molar-refractivity contribution is 9.10. The fourth-order valence-electron chi connectivity index (χ4n) is 1.53. The number of nitrogen functional groups attached to an aromatic ring is 1. The highest BCUT2D eigenvalue weighted by Crippen LogP contribution is 2.23. The first kappa shape index (κ1) is 14.8. The number of carbonyl (C=O) groups is 1. The SMILES string of the molecule is NNc1ccc([N+](=O)[O-])c(C(=O)Nc2cnc(Br)cn2)c1. The van der Waals surface area contributed by atoms with Crippen molar-refractivity contribution in [3.8, 4) is 0 Å². The first-order valence-corrected chi connectivity index (χ1v) is 6.34. The molecule has 0 saturated heterocycles. The highest BCUT2D eigenvalue weighted by Gasteiger charge is 2.21. The summed E-state index contributed by atoms with van der Waals surface area (Å²) in [4.78, 5) is 30.2. The third-order valence-corrected chi connectivity index (χ3v) is 2.88. The molecular formula is C11H9BrN6O3. The Hall–Kier alpha value is -2.59. The van der Waals surface area contributed by atoms with Crippen molar-refractivity contribution < 1.29 is 9.72 Å². The fraction of sp³-hybridized carbons (Fsp3) is 0. The summed E-state index contributed by atoms with van der Waals surface area (Å²) in [6.07, 6.45) is 2.71. The van der Waals surface area contributed by atoms with E-state index in [4.69, 9.17) is 5.84 Å². The Bertz CT molecular complexity index is 691. The number of benzene rings is 1. The Morgan fingerprint density at radius 3 is 2.67 bits per heavy atom. The van der Waals surface area contributed by atoms with Crippen molar-refractivity contribution in [2.75, 3.05) is 10.7 Å². The van der Waals surface area contributed by atoms with Crippen LogP contribution >= 0.6 is 15.9 Å². The lowest BCUT2D eigenvalue weighted by atomic mass is 10.1. The van der Waals surface area contributed by atoms with Gasteiger partial charge < -0.3 is 10.7 Å². The summed E-state index contributed by atoms with van der Waals surface area (Å²) >= 11 is 3.11. The predicted octanol–water partition coefficient (Wildman–Crippen LogP) is 1.69. The number of nitro groups is 1. The van der Waals surface area contributed by atoms with E-state index in [9.17, 15) is 14.9 Å². The zero-order chi connectivity index (χ0) is 15.4. The maximum absolute atomic E-state index is 12.1. The van der Waals surface area contributed by atoms with Crippen LogP contribution in [0, 0.1) is 10.1 Å². The number of hydrogen-bond acceptors (Lipinski definition) is 7. The summed E-state index contributed by atoms with van der Waals surface area (Å²) in [5.41, 5.74) is 2.22. The molecule has 108 valence electrons. The molecule has 2 aromatic rings. The molecule has 1 aromatic carbocycles. The Kier molecular flexibility index (Phi) is 4.40. The van der Waals surface area contributed by atoms with Gasteiger partial charge in [-0.05, 0) is 28.1 Å². The molecule has 10 heteroatoms. The lowest BCUT2D eigenvalue weighted by Gasteiger charge is -2.07. The normalized spacial score (nSPS) is 10.0. The van der Waals surface area contributed by atoms with Gasteiger partial charge in [0.05, 0.1) is 17.3 Å². The number of rotatable bonds is 4. The van der Waals surface area contributed by atoms with Gasteiger partial charge in [-0.25, -0.2) is 9.97 Å². The van der Waals surface area contributed by atoms with E-state index >= 15 is 0 Å². The van der Waals surface area contributed by atoms with Crippen molar-refractivity contribution >= 4 is 39.0 Å². The summed E-state index contributed by atoms with van der Waals surface area (Å²) in [7, 11) is 0. The van der Waals surface area contributed by atoms with Crippen molar-refractivity contribution in [2.24, 2.45) is 5.84 Å². The average molecular weight is 353 g/mol. The summed E-state index contributed by atoms with van der Waals surface area (Å²) < 4.78 is 0.501. The van der Waals surface area contributed by atoms with Crippen LogP contribution in [-0.4, -0.2) is 20.8 Å². The molecule has 0 aliphatic carbocycles. The van der Waals surface area contributed by atoms with Gasteiger partial charge in [0.15, 0.2) is 5.82 Å². The number of anilines is 2. The minimum atomic E-state index is -0.685. The number of hydrogen-bond donors (Lipinski definition) is 3. The number of nitrogens with zero attached hydrogens (tertiary/aromatic N) is 3. The quantitative estimate of drug-likeness (QED) is 0.432. The summed E-state index contributed by atoms with van der Waals surface area (Å²) in [5, 5.41) is 13.4. The Morgan fingerprint density at radius 2 is 2.10 bits per heavy atom. The monoisotopic (exact) mass is 352 g/mol. The lowest BCUT2D eigenvalue weighted by molar-refractivity contribution is -0.385. The van der Waals surface area contributed by atoms with Gasteiger partial charge in [0, 0.05) is 11.8 Å². The average Bonchev–Trinajstić information content (AvgIpc) is 2.48. The van der Waals surface area contributed by atoms with Crippen LogP contribution in [0.4, 0.5) is 17.2 Å². The Morgan fingerprint density at radius 1 is 1.33 bits per heavy atom. The molecule has 1 aromatic heterocycles. The first-order valence-electron chi connectivity index (χ1n) is 5.55. The van der Waals surface area contributed by atoms with Gasteiger partial charge >= 0.3 is 0 Å². The second-order valence-corrected chi connectivity index (χ2v) is 4.62. The molecule has 0 bridgehead atoms. The van der Waals surface area contributed by atoms with Crippen molar-refractivity contribution in [3.05, 3.63) is 50.9 Å². The zero-order valence-corrected chi connectivity index (χ0v) is 12.0. The van der Waals surface area contributed by atoms with Crippen LogP contribution in [0.1, 0.15) is 10.4 Å². The number of halogens is 1. The zero-order valence-electron chi connectivity index (χ0n) is 10.4. The third kappa shape index (κ3) is 3.49. The number of amides is 1. The number of carbonyl (C=O) groups excluding carboxylic acids is 1. The van der Waals surface area contributed by atoms with Gasteiger partial charge in [-0.2, -0.15) is 0 Å². The molecule has 0 saturated carbocycles. The Labute approximate surface area is 126 Å². The maximum atomic E-state index is 12.1. The van der Waals surface area contributed by atoms with Crippen LogP contribution in [0.2, 0.25) is 0 Å². The third-order valence-electron chi connectivity index (χ3n) is 2.47. The molecule has 9 nitrogen and oxygen atoms in total. The predicted molar refractivity (Wildman–Crippen MR) is 78.6 cm³/mol. The van der Waals surface area contributed by atoms with Gasteiger partial charge in [-0.15, -0.1) is 0 Å². The van der Waals surface area contributed by atoms with Crippen LogP contribution in [0.3, 0.4) is 0 Å². The molecule has 0 spiro atoms. The van der Waals surface area contributed by atoms with Gasteiger partial charge in [0.25, 0.3) is 11.6 Å². The molecule has 0 aliphatic heterocycles. The second-order valence-electron chi connectivity index (χ2n) is 3.81. The summed E-state index contributed by atoms with van der Waals surface area (Å²) in [6, 6.07) is 3.87. The van der Waals surface area contributed by atoms with Gasteiger partial charge in [-0.1, -0.05) is 0 Å². The first-order chi connectivity index (χ1) is 10.0. The maximum Gasteiger partial charge on any atom is 0.282 e. The summed E-state index contributed by atoms with van der Waals surface area (Å²) in [6.45, 7) is 0. The van der Waals surface area contributed by atoms with Crippen LogP contribution in [0.25, 0.3) is 0 Å². The molecule has 4 N–H and O–H groups in total. The van der Waals surface area contributed by atoms with Crippen LogP contribution < -0.4 is 16.6 Å². The van der Waals surface area contributed by atoms with E-state index in [0.29, 0.717) is 10.3 Å². The number of hydrazine groups is 1. The smallest absolute Gasteiger partial charge is 0.282 e. The van der Waals surface area contributed by atoms with E-state index in [1.54, 1.807) is 0 Å². The molecular weight excluding hydrogens is 344 g/mol. The lowest BCUT2D eigenvalue weighted by Crippen LogP contribution is -2.16. The van der Waals surface area contributed by atoms with Crippen LogP contribution in [0.15, 0.2) is 35.2 Å². The molecule has 21 heavy (non-hydrogen) atoms. The van der Waals surface area contributed by atoms with E-state index in [0.717, 1.165) is 0 Å². The number of nitrogens with one attached hydrogen (secondary N) is 2. The van der Waals surface area contributed by atoms with Crippen molar-refractivity contribution in [1.82, 2.24) is 9.97 Å². The number of nitrogens with two attached hydrogens (primary N) is 1. The largest absolute Gasteiger partial charge is 0.324 e. The second kappa shape index (κ2) is 6.24. The van der Waals surface area contributed by atoms with Crippen LogP contribution in [0.5, 0.6) is 0 Å². The minimum Gasteiger partial charge on any atom is -0.324 e. The summed E-state index contributed by atoms with van der Waals surface area (Å²) in [5.74, 6) is 4.72. The molecule has 0 fully saturated rings. The highest BCUT2D eigenvalue weighted by atomic mass is 79.9. The molecule has 0 aliphatic rings.